The minimum absolute atomic E-state index is 0.197. The second kappa shape index (κ2) is 7.48. The van der Waals surface area contributed by atoms with Crippen molar-refractivity contribution < 1.29 is 13.9 Å². The first-order chi connectivity index (χ1) is 13.0. The Balaban J connectivity index is 1.85. The molecule has 2 aromatic rings. The number of pyridine rings is 1. The Morgan fingerprint density at radius 1 is 1.41 bits per heavy atom. The van der Waals surface area contributed by atoms with E-state index in [9.17, 15) is 9.18 Å². The Labute approximate surface area is 170 Å². The molecule has 8 heteroatoms. The predicted molar refractivity (Wildman–Crippen MR) is 110 cm³/mol. The number of nitrogens with one attached hydrogen (secondary N) is 1. The molecular formula is C19H22FIN4O2. The summed E-state index contributed by atoms with van der Waals surface area (Å²) in [4.78, 5) is 18.8. The summed E-state index contributed by atoms with van der Waals surface area (Å²) in [5, 5.41) is 4.07. The molecule has 0 spiro atoms. The number of hydrogen-bond acceptors (Lipinski definition) is 5. The molecule has 5 unspecified atom stereocenters. The molecule has 1 amide bonds. The number of amides is 1. The molecule has 2 fully saturated rings. The van der Waals surface area contributed by atoms with Gasteiger partial charge in [0.2, 0.25) is 5.91 Å². The number of nitrogens with two attached hydrogens (primary N) is 1. The van der Waals surface area contributed by atoms with E-state index < -0.39 is 24.2 Å². The van der Waals surface area contributed by atoms with Crippen LogP contribution in [0.25, 0.3) is 10.9 Å². The Morgan fingerprint density at radius 2 is 2.22 bits per heavy atom. The number of halogens is 2. The van der Waals surface area contributed by atoms with Gasteiger partial charge in [0.05, 0.1) is 17.7 Å². The van der Waals surface area contributed by atoms with Crippen LogP contribution in [-0.2, 0) is 9.53 Å². The van der Waals surface area contributed by atoms with Gasteiger partial charge in [-0.15, -0.1) is 0 Å². The maximum Gasteiger partial charge on any atom is 0.248 e. The first-order valence-corrected chi connectivity index (χ1v) is 10.1. The van der Waals surface area contributed by atoms with Gasteiger partial charge in [-0.05, 0) is 53.8 Å². The van der Waals surface area contributed by atoms with Crippen molar-refractivity contribution in [3.05, 3.63) is 34.0 Å². The van der Waals surface area contributed by atoms with Gasteiger partial charge in [0.1, 0.15) is 6.17 Å². The topological polar surface area (TPSA) is 80.5 Å². The standard InChI is InChI=1S/C19H22FIN4O2/c1-10-9-25(15-5-4-14(21)16-11(15)3-2-6-24-16)17(18(27-10)19(22)26)12-7-23-8-13(12)20/h2-6,10,12-13,17-18,23H,7-9H2,1H3,(H2,22,26). The van der Waals surface area contributed by atoms with Crippen molar-refractivity contribution >= 4 is 45.1 Å². The highest BCUT2D eigenvalue weighted by Gasteiger charge is 2.47. The number of carbonyl (C=O) groups is 1. The van der Waals surface area contributed by atoms with Crippen LogP contribution in [0.1, 0.15) is 6.92 Å². The third-order valence-electron chi connectivity index (χ3n) is 5.41. The fraction of sp³-hybridized carbons (Fsp3) is 0.474. The maximum absolute atomic E-state index is 14.7. The quantitative estimate of drug-likeness (QED) is 0.651. The van der Waals surface area contributed by atoms with E-state index in [4.69, 9.17) is 10.5 Å². The van der Waals surface area contributed by atoms with Crippen LogP contribution < -0.4 is 16.0 Å². The average Bonchev–Trinajstić information content (AvgIpc) is 3.07. The fourth-order valence-corrected chi connectivity index (χ4v) is 4.87. The van der Waals surface area contributed by atoms with E-state index >= 15 is 0 Å². The Morgan fingerprint density at radius 3 is 2.93 bits per heavy atom. The zero-order valence-corrected chi connectivity index (χ0v) is 17.1. The lowest BCUT2D eigenvalue weighted by atomic mass is 9.88. The zero-order valence-electron chi connectivity index (χ0n) is 14.9. The number of rotatable bonds is 3. The Kier molecular flexibility index (Phi) is 5.21. The molecule has 0 aliphatic carbocycles. The molecule has 2 saturated heterocycles. The van der Waals surface area contributed by atoms with E-state index in [0.29, 0.717) is 13.1 Å². The number of nitrogens with zero attached hydrogens (tertiary/aromatic N) is 2. The Hall–Kier alpha value is -1.52. The van der Waals surface area contributed by atoms with Crippen LogP contribution in [0.4, 0.5) is 10.1 Å². The van der Waals surface area contributed by atoms with Gasteiger partial charge in [-0.25, -0.2) is 4.39 Å². The summed E-state index contributed by atoms with van der Waals surface area (Å²) >= 11 is 2.26. The van der Waals surface area contributed by atoms with Crippen molar-refractivity contribution in [1.82, 2.24) is 10.3 Å². The van der Waals surface area contributed by atoms with E-state index in [-0.39, 0.29) is 18.6 Å². The van der Waals surface area contributed by atoms with Gasteiger partial charge < -0.3 is 20.7 Å². The normalized spacial score (nSPS) is 31.4. The molecule has 1 aromatic carbocycles. The summed E-state index contributed by atoms with van der Waals surface area (Å²) in [6.45, 7) is 3.24. The Bertz CT molecular complexity index is 867. The van der Waals surface area contributed by atoms with Crippen molar-refractivity contribution in [2.45, 2.75) is 31.3 Å². The molecule has 0 saturated carbocycles. The highest BCUT2D eigenvalue weighted by atomic mass is 127. The molecule has 1 aromatic heterocycles. The lowest BCUT2D eigenvalue weighted by Gasteiger charge is -2.47. The van der Waals surface area contributed by atoms with Crippen LogP contribution in [0.5, 0.6) is 0 Å². The highest BCUT2D eigenvalue weighted by molar-refractivity contribution is 14.1. The van der Waals surface area contributed by atoms with Crippen LogP contribution in [0, 0.1) is 9.49 Å². The van der Waals surface area contributed by atoms with Crippen molar-refractivity contribution in [3.8, 4) is 0 Å². The minimum atomic E-state index is -1.05. The van der Waals surface area contributed by atoms with E-state index in [1.807, 2.05) is 31.2 Å². The number of fused-ring (bicyclic) bond motifs is 1. The van der Waals surface area contributed by atoms with Gasteiger partial charge in [0.15, 0.2) is 6.10 Å². The number of primary amides is 1. The molecule has 4 rings (SSSR count). The molecule has 27 heavy (non-hydrogen) atoms. The molecule has 0 radical (unpaired) electrons. The van der Waals surface area contributed by atoms with E-state index in [1.54, 1.807) is 6.20 Å². The molecule has 5 atom stereocenters. The second-order valence-electron chi connectivity index (χ2n) is 7.22. The van der Waals surface area contributed by atoms with Gasteiger partial charge in [0.25, 0.3) is 0 Å². The molecular weight excluding hydrogens is 462 g/mol. The summed E-state index contributed by atoms with van der Waals surface area (Å²) in [7, 11) is 0. The molecule has 3 N–H and O–H groups in total. The van der Waals surface area contributed by atoms with Crippen molar-refractivity contribution in [3.63, 3.8) is 0 Å². The van der Waals surface area contributed by atoms with Crippen LogP contribution in [0.15, 0.2) is 30.5 Å². The first-order valence-electron chi connectivity index (χ1n) is 9.07. The monoisotopic (exact) mass is 484 g/mol. The third-order valence-corrected chi connectivity index (χ3v) is 6.28. The van der Waals surface area contributed by atoms with Crippen molar-refractivity contribution in [2.24, 2.45) is 11.7 Å². The summed E-state index contributed by atoms with van der Waals surface area (Å²) < 4.78 is 21.6. The fourth-order valence-electron chi connectivity index (χ4n) is 4.26. The molecule has 2 aliphatic heterocycles. The van der Waals surface area contributed by atoms with Crippen LogP contribution >= 0.6 is 22.6 Å². The summed E-state index contributed by atoms with van der Waals surface area (Å²) in [5.74, 6) is -0.926. The number of morpholine rings is 1. The van der Waals surface area contributed by atoms with Gasteiger partial charge in [0, 0.05) is 46.4 Å². The number of alkyl halides is 1. The second-order valence-corrected chi connectivity index (χ2v) is 8.38. The number of ether oxygens (including phenoxy) is 1. The molecule has 6 nitrogen and oxygen atoms in total. The van der Waals surface area contributed by atoms with Gasteiger partial charge in [-0.3, -0.25) is 9.78 Å². The van der Waals surface area contributed by atoms with Gasteiger partial charge in [-0.1, -0.05) is 0 Å². The minimum Gasteiger partial charge on any atom is -0.367 e. The predicted octanol–water partition coefficient (Wildman–Crippen LogP) is 1.84. The maximum atomic E-state index is 14.7. The van der Waals surface area contributed by atoms with Gasteiger partial charge in [-0.2, -0.15) is 0 Å². The van der Waals surface area contributed by atoms with E-state index in [0.717, 1.165) is 20.2 Å². The first kappa shape index (κ1) is 18.8. The van der Waals surface area contributed by atoms with Crippen LogP contribution in [0.2, 0.25) is 0 Å². The largest absolute Gasteiger partial charge is 0.367 e. The molecule has 3 heterocycles. The summed E-state index contributed by atoms with van der Waals surface area (Å²) in [6, 6.07) is 7.45. The third kappa shape index (κ3) is 3.38. The zero-order chi connectivity index (χ0) is 19.1. The van der Waals surface area contributed by atoms with Crippen molar-refractivity contribution in [1.29, 1.82) is 0 Å². The SMILES string of the molecule is CC1CN(c2ccc(I)c3ncccc23)C(C2CNCC2F)C(C(N)=O)O1. The smallest absolute Gasteiger partial charge is 0.248 e. The lowest BCUT2D eigenvalue weighted by Crippen LogP contribution is -2.62. The van der Waals surface area contributed by atoms with Crippen molar-refractivity contribution in [2.75, 3.05) is 24.5 Å². The lowest BCUT2D eigenvalue weighted by molar-refractivity contribution is -0.139. The number of hydrogen-bond donors (Lipinski definition) is 2. The molecule has 0 bridgehead atoms. The van der Waals surface area contributed by atoms with E-state index in [1.165, 1.54) is 0 Å². The van der Waals surface area contributed by atoms with Gasteiger partial charge >= 0.3 is 0 Å². The number of aromatic nitrogens is 1. The molecule has 144 valence electrons. The highest BCUT2D eigenvalue weighted by Crippen LogP contribution is 2.37. The van der Waals surface area contributed by atoms with Crippen LogP contribution in [-0.4, -0.2) is 54.9 Å². The number of carbonyl (C=O) groups excluding carboxylic acids is 1. The number of benzene rings is 1. The van der Waals surface area contributed by atoms with E-state index in [2.05, 4.69) is 37.8 Å². The van der Waals surface area contributed by atoms with Crippen LogP contribution in [0.3, 0.4) is 0 Å². The molecule has 2 aliphatic rings. The summed E-state index contributed by atoms with van der Waals surface area (Å²) in [6.07, 6.45) is -0.344. The summed E-state index contributed by atoms with van der Waals surface area (Å²) in [5.41, 5.74) is 7.49. The average molecular weight is 484 g/mol. The number of anilines is 1.